The highest BCUT2D eigenvalue weighted by molar-refractivity contribution is 6.33. The molecule has 0 unspecified atom stereocenters. The highest BCUT2D eigenvalue weighted by Crippen LogP contribution is 2.19. The van der Waals surface area contributed by atoms with Crippen molar-refractivity contribution in [1.29, 1.82) is 0 Å². The lowest BCUT2D eigenvalue weighted by atomic mass is 10.2. The number of nitrogen functional groups attached to an aromatic ring is 1. The number of hydrogen-bond donors (Lipinski definition) is 1. The van der Waals surface area contributed by atoms with E-state index in [1.54, 1.807) is 18.2 Å². The minimum Gasteiger partial charge on any atom is -0.382 e. The van der Waals surface area contributed by atoms with E-state index in [1.807, 2.05) is 4.90 Å². The van der Waals surface area contributed by atoms with Gasteiger partial charge in [0.15, 0.2) is 0 Å². The number of hydrogen-bond acceptors (Lipinski definition) is 4. The molecule has 5 nitrogen and oxygen atoms in total. The third kappa shape index (κ3) is 4.46. The van der Waals surface area contributed by atoms with Crippen LogP contribution in [0.25, 0.3) is 0 Å². The second kappa shape index (κ2) is 7.80. The number of nitrogens with zero attached hydrogens (tertiary/aromatic N) is 3. The average molecular weight is 363 g/mol. The van der Waals surface area contributed by atoms with Crippen molar-refractivity contribution in [2.75, 3.05) is 31.9 Å². The molecule has 1 aliphatic rings. The first kappa shape index (κ1) is 17.6. The molecule has 0 saturated carbocycles. The van der Waals surface area contributed by atoms with Gasteiger partial charge < -0.3 is 10.6 Å². The summed E-state index contributed by atoms with van der Waals surface area (Å²) in [4.78, 5) is 20.7. The number of carbonyl (C=O) groups is 1. The summed E-state index contributed by atoms with van der Waals surface area (Å²) in [6.45, 7) is 3.71. The van der Waals surface area contributed by atoms with Gasteiger partial charge in [0.1, 0.15) is 11.6 Å². The summed E-state index contributed by atoms with van der Waals surface area (Å²) in [5, 5.41) is 0.290. The fraction of sp³-hybridized carbons (Fsp3) is 0.333. The summed E-state index contributed by atoms with van der Waals surface area (Å²) < 4.78 is 13.0. The molecule has 0 aliphatic carbocycles. The Balaban J connectivity index is 1.61. The van der Waals surface area contributed by atoms with E-state index in [2.05, 4.69) is 9.88 Å². The van der Waals surface area contributed by atoms with Gasteiger partial charge in [-0.2, -0.15) is 0 Å². The number of rotatable bonds is 3. The number of amides is 1. The van der Waals surface area contributed by atoms with Crippen molar-refractivity contribution in [3.05, 3.63) is 58.5 Å². The minimum atomic E-state index is -0.229. The molecule has 0 bridgehead atoms. The number of nitrogens with two attached hydrogens (primary N) is 1. The molecule has 3 rings (SSSR count). The first-order valence-electron chi connectivity index (χ1n) is 8.20. The van der Waals surface area contributed by atoms with Gasteiger partial charge in [-0.3, -0.25) is 9.69 Å². The SMILES string of the molecule is Nc1ncc(C(=O)N2CCCN(Cc3ccc(F)cc3)CC2)cc1Cl. The van der Waals surface area contributed by atoms with Crippen LogP contribution in [0.3, 0.4) is 0 Å². The van der Waals surface area contributed by atoms with Gasteiger partial charge in [0.25, 0.3) is 5.91 Å². The zero-order chi connectivity index (χ0) is 17.8. The maximum Gasteiger partial charge on any atom is 0.255 e. The van der Waals surface area contributed by atoms with E-state index in [1.165, 1.54) is 18.3 Å². The lowest BCUT2D eigenvalue weighted by Crippen LogP contribution is -2.35. The molecule has 7 heteroatoms. The van der Waals surface area contributed by atoms with Gasteiger partial charge in [0.2, 0.25) is 0 Å². The van der Waals surface area contributed by atoms with E-state index in [0.29, 0.717) is 23.7 Å². The number of aromatic nitrogens is 1. The number of halogens is 2. The number of pyridine rings is 1. The standard InChI is InChI=1S/C18H20ClFN4O/c19-16-10-14(11-22-17(16)21)18(25)24-7-1-6-23(8-9-24)12-13-2-4-15(20)5-3-13/h2-5,10-11H,1,6-9,12H2,(H2,21,22). The minimum absolute atomic E-state index is 0.0852. The highest BCUT2D eigenvalue weighted by Gasteiger charge is 2.21. The monoisotopic (exact) mass is 362 g/mol. The summed E-state index contributed by atoms with van der Waals surface area (Å²) in [6.07, 6.45) is 2.34. The maximum absolute atomic E-state index is 13.0. The van der Waals surface area contributed by atoms with Crippen molar-refractivity contribution < 1.29 is 9.18 Å². The molecule has 132 valence electrons. The largest absolute Gasteiger partial charge is 0.382 e. The highest BCUT2D eigenvalue weighted by atomic mass is 35.5. The van der Waals surface area contributed by atoms with E-state index < -0.39 is 0 Å². The molecule has 1 aliphatic heterocycles. The zero-order valence-electron chi connectivity index (χ0n) is 13.8. The third-order valence-electron chi connectivity index (χ3n) is 4.31. The summed E-state index contributed by atoms with van der Waals surface area (Å²) in [5.74, 6) is -0.0928. The van der Waals surface area contributed by atoms with Crippen LogP contribution in [0.4, 0.5) is 10.2 Å². The summed E-state index contributed by atoms with van der Waals surface area (Å²) in [6, 6.07) is 8.10. The predicted octanol–water partition coefficient (Wildman–Crippen LogP) is 2.80. The zero-order valence-corrected chi connectivity index (χ0v) is 14.5. The Bertz CT molecular complexity index is 753. The van der Waals surface area contributed by atoms with Crippen LogP contribution in [0.15, 0.2) is 36.5 Å². The van der Waals surface area contributed by atoms with Gasteiger partial charge >= 0.3 is 0 Å². The summed E-state index contributed by atoms with van der Waals surface area (Å²) in [7, 11) is 0. The predicted molar refractivity (Wildman–Crippen MR) is 95.9 cm³/mol. The molecule has 2 N–H and O–H groups in total. The molecule has 0 radical (unpaired) electrons. The van der Waals surface area contributed by atoms with Gasteiger partial charge in [0.05, 0.1) is 10.6 Å². The molecule has 1 fully saturated rings. The molecular weight excluding hydrogens is 343 g/mol. The van der Waals surface area contributed by atoms with Crippen molar-refractivity contribution in [2.45, 2.75) is 13.0 Å². The van der Waals surface area contributed by atoms with Crippen LogP contribution in [0.2, 0.25) is 5.02 Å². The van der Waals surface area contributed by atoms with Crippen LogP contribution >= 0.6 is 11.6 Å². The van der Waals surface area contributed by atoms with E-state index in [-0.39, 0.29) is 17.5 Å². The molecule has 25 heavy (non-hydrogen) atoms. The van der Waals surface area contributed by atoms with E-state index in [4.69, 9.17) is 17.3 Å². The van der Waals surface area contributed by atoms with Crippen molar-refractivity contribution in [3.8, 4) is 0 Å². The smallest absolute Gasteiger partial charge is 0.255 e. The van der Waals surface area contributed by atoms with Gasteiger partial charge in [-0.25, -0.2) is 9.37 Å². The van der Waals surface area contributed by atoms with Crippen LogP contribution in [0.1, 0.15) is 22.3 Å². The van der Waals surface area contributed by atoms with E-state index >= 15 is 0 Å². The lowest BCUT2D eigenvalue weighted by Gasteiger charge is -2.22. The molecule has 0 spiro atoms. The van der Waals surface area contributed by atoms with Gasteiger partial charge in [-0.1, -0.05) is 23.7 Å². The maximum atomic E-state index is 13.0. The van der Waals surface area contributed by atoms with Gasteiger partial charge in [-0.15, -0.1) is 0 Å². The topological polar surface area (TPSA) is 62.5 Å². The van der Waals surface area contributed by atoms with Crippen molar-refractivity contribution in [2.24, 2.45) is 0 Å². The summed E-state index contributed by atoms with van der Waals surface area (Å²) >= 11 is 5.96. The number of benzene rings is 1. The van der Waals surface area contributed by atoms with Crippen LogP contribution in [-0.4, -0.2) is 46.9 Å². The third-order valence-corrected chi connectivity index (χ3v) is 4.61. The van der Waals surface area contributed by atoms with Crippen molar-refractivity contribution in [1.82, 2.24) is 14.8 Å². The molecule has 2 heterocycles. The summed E-state index contributed by atoms with van der Waals surface area (Å²) in [5.41, 5.74) is 7.11. The Hall–Kier alpha value is -2.18. The van der Waals surface area contributed by atoms with Gasteiger partial charge in [0, 0.05) is 38.9 Å². The first-order valence-corrected chi connectivity index (χ1v) is 8.58. The van der Waals surface area contributed by atoms with Crippen molar-refractivity contribution in [3.63, 3.8) is 0 Å². The van der Waals surface area contributed by atoms with E-state index in [0.717, 1.165) is 31.6 Å². The first-order chi connectivity index (χ1) is 12.0. The Morgan fingerprint density at radius 3 is 2.68 bits per heavy atom. The second-order valence-electron chi connectivity index (χ2n) is 6.14. The fourth-order valence-corrected chi connectivity index (χ4v) is 3.09. The number of anilines is 1. The molecule has 1 aromatic carbocycles. The molecule has 2 aromatic rings. The van der Waals surface area contributed by atoms with Crippen LogP contribution in [0.5, 0.6) is 0 Å². The second-order valence-corrected chi connectivity index (χ2v) is 6.55. The lowest BCUT2D eigenvalue weighted by molar-refractivity contribution is 0.0760. The molecular formula is C18H20ClFN4O. The van der Waals surface area contributed by atoms with Gasteiger partial charge in [-0.05, 0) is 30.2 Å². The molecule has 1 aromatic heterocycles. The van der Waals surface area contributed by atoms with Crippen LogP contribution in [0, 0.1) is 5.82 Å². The normalized spacial score (nSPS) is 15.8. The molecule has 0 atom stereocenters. The Kier molecular flexibility index (Phi) is 5.50. The Labute approximate surface area is 151 Å². The fourth-order valence-electron chi connectivity index (χ4n) is 2.93. The molecule has 1 amide bonds. The Morgan fingerprint density at radius 1 is 1.20 bits per heavy atom. The van der Waals surface area contributed by atoms with Crippen molar-refractivity contribution >= 4 is 23.3 Å². The average Bonchev–Trinajstić information content (AvgIpc) is 2.84. The van der Waals surface area contributed by atoms with E-state index in [9.17, 15) is 9.18 Å². The van der Waals surface area contributed by atoms with Crippen LogP contribution in [-0.2, 0) is 6.54 Å². The number of carbonyl (C=O) groups excluding carboxylic acids is 1. The quantitative estimate of drug-likeness (QED) is 0.912. The Morgan fingerprint density at radius 2 is 1.96 bits per heavy atom. The molecule has 1 saturated heterocycles. The van der Waals surface area contributed by atoms with Crippen LogP contribution < -0.4 is 5.73 Å².